The van der Waals surface area contributed by atoms with E-state index in [2.05, 4.69) is 40.3 Å². The summed E-state index contributed by atoms with van der Waals surface area (Å²) in [6.45, 7) is 8.02. The van der Waals surface area contributed by atoms with Gasteiger partial charge in [-0.05, 0) is 43.6 Å². The summed E-state index contributed by atoms with van der Waals surface area (Å²) >= 11 is 3.44. The van der Waals surface area contributed by atoms with Gasteiger partial charge in [-0.25, -0.2) is 0 Å². The number of nitrogens with one attached hydrogen (secondary N) is 1. The van der Waals surface area contributed by atoms with Crippen LogP contribution in [0.2, 0.25) is 0 Å². The highest BCUT2D eigenvalue weighted by molar-refractivity contribution is 9.10. The van der Waals surface area contributed by atoms with Crippen LogP contribution in [0.4, 0.5) is 0 Å². The third-order valence-electron chi connectivity index (χ3n) is 3.22. The summed E-state index contributed by atoms with van der Waals surface area (Å²) in [5, 5.41) is 3.38. The molecule has 0 unspecified atom stereocenters. The van der Waals surface area contributed by atoms with Gasteiger partial charge >= 0.3 is 0 Å². The molecule has 0 aliphatic carbocycles. The Kier molecular flexibility index (Phi) is 7.32. The second kappa shape index (κ2) is 8.49. The highest BCUT2D eigenvalue weighted by Gasteiger charge is 2.22. The number of rotatable bonds is 8. The molecule has 19 heavy (non-hydrogen) atoms. The maximum atomic E-state index is 12.4. The Hall–Kier alpha value is -0.670. The third-order valence-corrected chi connectivity index (χ3v) is 3.75. The van der Waals surface area contributed by atoms with Crippen molar-refractivity contribution in [2.45, 2.75) is 39.5 Å². The summed E-state index contributed by atoms with van der Waals surface area (Å²) in [7, 11) is 0. The highest BCUT2D eigenvalue weighted by atomic mass is 79.9. The zero-order valence-corrected chi connectivity index (χ0v) is 13.7. The number of carbonyl (C=O) groups is 1. The molecule has 0 aliphatic heterocycles. The molecule has 1 aromatic rings. The van der Waals surface area contributed by atoms with Crippen molar-refractivity contribution in [2.75, 3.05) is 13.1 Å². The van der Waals surface area contributed by atoms with Crippen molar-refractivity contribution >= 4 is 21.7 Å². The molecule has 0 spiro atoms. The molecule has 0 radical (unpaired) electrons. The number of hydrogen-bond donors (Lipinski definition) is 1. The SMILES string of the molecule is CCCNCC[C@@H](C(=O)C(C)C)c1ccc(Br)cc1. The smallest absolute Gasteiger partial charge is 0.142 e. The average molecular weight is 326 g/mol. The van der Waals surface area contributed by atoms with Crippen LogP contribution < -0.4 is 5.32 Å². The van der Waals surface area contributed by atoms with E-state index in [9.17, 15) is 4.79 Å². The molecule has 0 heterocycles. The van der Waals surface area contributed by atoms with Gasteiger partial charge in [-0.15, -0.1) is 0 Å². The predicted molar refractivity (Wildman–Crippen MR) is 84.5 cm³/mol. The van der Waals surface area contributed by atoms with Gasteiger partial charge in [0, 0.05) is 16.3 Å². The minimum absolute atomic E-state index is 0.0115. The van der Waals surface area contributed by atoms with Crippen LogP contribution in [0.25, 0.3) is 0 Å². The first kappa shape index (κ1) is 16.4. The zero-order valence-electron chi connectivity index (χ0n) is 12.1. The second-order valence-electron chi connectivity index (χ2n) is 5.20. The fourth-order valence-corrected chi connectivity index (χ4v) is 2.38. The Bertz CT molecular complexity index is 386. The van der Waals surface area contributed by atoms with Crippen molar-refractivity contribution in [3.8, 4) is 0 Å². The fraction of sp³-hybridized carbons (Fsp3) is 0.562. The molecule has 1 N–H and O–H groups in total. The van der Waals surface area contributed by atoms with Crippen LogP contribution in [-0.2, 0) is 4.79 Å². The van der Waals surface area contributed by atoms with Crippen molar-refractivity contribution in [1.29, 1.82) is 0 Å². The van der Waals surface area contributed by atoms with Gasteiger partial charge in [0.1, 0.15) is 5.78 Å². The van der Waals surface area contributed by atoms with Crippen molar-refractivity contribution in [1.82, 2.24) is 5.32 Å². The van der Waals surface area contributed by atoms with Crippen LogP contribution >= 0.6 is 15.9 Å². The molecule has 0 aromatic heterocycles. The number of carbonyl (C=O) groups excluding carboxylic acids is 1. The fourth-order valence-electron chi connectivity index (χ4n) is 2.12. The lowest BCUT2D eigenvalue weighted by molar-refractivity contribution is -0.123. The average Bonchev–Trinajstić information content (AvgIpc) is 2.39. The van der Waals surface area contributed by atoms with Gasteiger partial charge in [0.15, 0.2) is 0 Å². The predicted octanol–water partition coefficient (Wildman–Crippen LogP) is 4.15. The lowest BCUT2D eigenvalue weighted by atomic mass is 9.86. The summed E-state index contributed by atoms with van der Waals surface area (Å²) in [5.41, 5.74) is 1.13. The first-order chi connectivity index (χ1) is 9.06. The maximum Gasteiger partial charge on any atom is 0.142 e. The molecular formula is C16H24BrNO. The van der Waals surface area contributed by atoms with Crippen LogP contribution in [0.1, 0.15) is 45.1 Å². The van der Waals surface area contributed by atoms with Crippen LogP contribution in [-0.4, -0.2) is 18.9 Å². The summed E-state index contributed by atoms with van der Waals surface area (Å²) in [5.74, 6) is 0.429. The quantitative estimate of drug-likeness (QED) is 0.727. The number of Topliss-reactive ketones (excluding diaryl/α,β-unsaturated/α-hetero) is 1. The standard InChI is InChI=1S/C16H24BrNO/c1-4-10-18-11-9-15(16(19)12(2)3)13-5-7-14(17)8-6-13/h5-8,12,15,18H,4,9-11H2,1-3H3/t15-/m1/s1. The summed E-state index contributed by atoms with van der Waals surface area (Å²) in [6, 6.07) is 8.12. The number of halogens is 1. The third kappa shape index (κ3) is 5.45. The molecule has 0 amide bonds. The number of hydrogen-bond acceptors (Lipinski definition) is 2. The lowest BCUT2D eigenvalue weighted by Gasteiger charge is -2.19. The molecule has 0 saturated carbocycles. The van der Waals surface area contributed by atoms with Gasteiger partial charge in [0.2, 0.25) is 0 Å². The van der Waals surface area contributed by atoms with Crippen LogP contribution in [0.3, 0.4) is 0 Å². The van der Waals surface area contributed by atoms with Gasteiger partial charge in [0.25, 0.3) is 0 Å². The molecule has 3 heteroatoms. The molecular weight excluding hydrogens is 302 g/mol. The molecule has 106 valence electrons. The Morgan fingerprint density at radius 3 is 2.37 bits per heavy atom. The summed E-state index contributed by atoms with van der Waals surface area (Å²) in [6.07, 6.45) is 2.00. The molecule has 2 nitrogen and oxygen atoms in total. The zero-order chi connectivity index (χ0) is 14.3. The van der Waals surface area contributed by atoms with E-state index in [1.54, 1.807) is 0 Å². The monoisotopic (exact) mass is 325 g/mol. The van der Waals surface area contributed by atoms with Crippen LogP contribution in [0.15, 0.2) is 28.7 Å². The van der Waals surface area contributed by atoms with E-state index in [0.29, 0.717) is 5.78 Å². The van der Waals surface area contributed by atoms with Crippen molar-refractivity contribution < 1.29 is 4.79 Å². The van der Waals surface area contributed by atoms with E-state index in [0.717, 1.165) is 36.0 Å². The first-order valence-corrected chi connectivity index (χ1v) is 7.85. The molecule has 1 atom stereocenters. The Morgan fingerprint density at radius 1 is 1.21 bits per heavy atom. The van der Waals surface area contributed by atoms with Crippen molar-refractivity contribution in [3.63, 3.8) is 0 Å². The largest absolute Gasteiger partial charge is 0.317 e. The van der Waals surface area contributed by atoms with Crippen molar-refractivity contribution in [3.05, 3.63) is 34.3 Å². The molecule has 1 rings (SSSR count). The van der Waals surface area contributed by atoms with E-state index < -0.39 is 0 Å². The summed E-state index contributed by atoms with van der Waals surface area (Å²) < 4.78 is 1.05. The molecule has 0 aliphatic rings. The molecule has 0 saturated heterocycles. The minimum Gasteiger partial charge on any atom is -0.317 e. The van der Waals surface area contributed by atoms with E-state index in [1.807, 2.05) is 26.0 Å². The van der Waals surface area contributed by atoms with E-state index in [4.69, 9.17) is 0 Å². The van der Waals surface area contributed by atoms with Gasteiger partial charge < -0.3 is 5.32 Å². The molecule has 1 aromatic carbocycles. The Labute approximate surface area is 125 Å². The van der Waals surface area contributed by atoms with Crippen LogP contribution in [0, 0.1) is 5.92 Å². The normalized spacial score (nSPS) is 12.7. The van der Waals surface area contributed by atoms with Gasteiger partial charge in [0.05, 0.1) is 0 Å². The van der Waals surface area contributed by atoms with E-state index >= 15 is 0 Å². The number of benzene rings is 1. The van der Waals surface area contributed by atoms with Crippen molar-refractivity contribution in [2.24, 2.45) is 5.92 Å². The highest BCUT2D eigenvalue weighted by Crippen LogP contribution is 2.25. The van der Waals surface area contributed by atoms with Crippen LogP contribution in [0.5, 0.6) is 0 Å². The Balaban J connectivity index is 2.74. The first-order valence-electron chi connectivity index (χ1n) is 7.06. The maximum absolute atomic E-state index is 12.4. The minimum atomic E-state index is 0.0115. The van der Waals surface area contributed by atoms with E-state index in [1.165, 1.54) is 0 Å². The number of ketones is 1. The summed E-state index contributed by atoms with van der Waals surface area (Å²) in [4.78, 5) is 12.4. The Morgan fingerprint density at radius 2 is 1.84 bits per heavy atom. The van der Waals surface area contributed by atoms with Gasteiger partial charge in [-0.1, -0.05) is 48.8 Å². The van der Waals surface area contributed by atoms with Gasteiger partial charge in [-0.2, -0.15) is 0 Å². The molecule has 0 fully saturated rings. The topological polar surface area (TPSA) is 29.1 Å². The second-order valence-corrected chi connectivity index (χ2v) is 6.12. The van der Waals surface area contributed by atoms with Gasteiger partial charge in [-0.3, -0.25) is 4.79 Å². The lowest BCUT2D eigenvalue weighted by Crippen LogP contribution is -2.24. The molecule has 0 bridgehead atoms. The van der Waals surface area contributed by atoms with E-state index in [-0.39, 0.29) is 11.8 Å².